The van der Waals surface area contributed by atoms with Gasteiger partial charge in [0.15, 0.2) is 0 Å². The molecule has 0 saturated heterocycles. The number of amides is 1. The molecule has 0 aliphatic heterocycles. The molecule has 3 N–H and O–H groups in total. The van der Waals surface area contributed by atoms with Gasteiger partial charge in [0.2, 0.25) is 5.91 Å². The zero-order valence-electron chi connectivity index (χ0n) is 9.48. The molecule has 0 saturated carbocycles. The summed E-state index contributed by atoms with van der Waals surface area (Å²) in [5.74, 6) is 0.541. The van der Waals surface area contributed by atoms with Gasteiger partial charge in [-0.25, -0.2) is 0 Å². The van der Waals surface area contributed by atoms with Crippen LogP contribution in [0.4, 0.5) is 0 Å². The van der Waals surface area contributed by atoms with Crippen molar-refractivity contribution in [3.63, 3.8) is 0 Å². The van der Waals surface area contributed by atoms with Gasteiger partial charge in [-0.05, 0) is 31.2 Å². The molecule has 1 aromatic carbocycles. The average molecular weight is 279 g/mol. The van der Waals surface area contributed by atoms with E-state index in [0.29, 0.717) is 18.2 Å². The van der Waals surface area contributed by atoms with E-state index in [0.717, 1.165) is 5.75 Å². The maximum Gasteiger partial charge on any atom is 0.236 e. The first-order chi connectivity index (χ1) is 7.59. The first-order valence-electron chi connectivity index (χ1n) is 5.01. The van der Waals surface area contributed by atoms with Crippen molar-refractivity contribution in [3.8, 4) is 5.75 Å². The van der Waals surface area contributed by atoms with Gasteiger partial charge in [0.05, 0.1) is 12.6 Å². The highest BCUT2D eigenvalue weighted by Crippen LogP contribution is 2.14. The molecule has 0 unspecified atom stereocenters. The van der Waals surface area contributed by atoms with Crippen LogP contribution in [-0.2, 0) is 4.79 Å². The van der Waals surface area contributed by atoms with Gasteiger partial charge in [0, 0.05) is 5.02 Å². The number of halogens is 2. The zero-order chi connectivity index (χ0) is 12.0. The Bertz CT molecular complexity index is 342. The van der Waals surface area contributed by atoms with Gasteiger partial charge < -0.3 is 15.8 Å². The van der Waals surface area contributed by atoms with Gasteiger partial charge >= 0.3 is 0 Å². The molecule has 6 heteroatoms. The molecule has 1 rings (SSSR count). The predicted molar refractivity (Wildman–Crippen MR) is 70.9 cm³/mol. The minimum Gasteiger partial charge on any atom is -0.492 e. The van der Waals surface area contributed by atoms with Gasteiger partial charge in [-0.15, -0.1) is 12.4 Å². The lowest BCUT2D eigenvalue weighted by atomic mass is 10.3. The molecule has 0 radical (unpaired) electrons. The number of rotatable bonds is 5. The van der Waals surface area contributed by atoms with Crippen LogP contribution in [0.5, 0.6) is 5.75 Å². The van der Waals surface area contributed by atoms with Crippen LogP contribution in [0.3, 0.4) is 0 Å². The number of benzene rings is 1. The molecule has 96 valence electrons. The van der Waals surface area contributed by atoms with E-state index in [4.69, 9.17) is 22.1 Å². The number of ether oxygens (including phenoxy) is 1. The van der Waals surface area contributed by atoms with Crippen molar-refractivity contribution >= 4 is 29.9 Å². The summed E-state index contributed by atoms with van der Waals surface area (Å²) >= 11 is 5.72. The quantitative estimate of drug-likeness (QED) is 0.805. The largest absolute Gasteiger partial charge is 0.492 e. The second kappa shape index (κ2) is 8.17. The summed E-state index contributed by atoms with van der Waals surface area (Å²) < 4.78 is 5.38. The molecule has 1 aromatic rings. The molecule has 1 atom stereocenters. The van der Waals surface area contributed by atoms with E-state index in [1.807, 2.05) is 0 Å². The Morgan fingerprint density at radius 2 is 2.06 bits per heavy atom. The van der Waals surface area contributed by atoms with Gasteiger partial charge in [-0.3, -0.25) is 4.79 Å². The molecule has 4 nitrogen and oxygen atoms in total. The highest BCUT2D eigenvalue weighted by Gasteiger charge is 2.05. The molecule has 17 heavy (non-hydrogen) atoms. The number of carbonyl (C=O) groups excluding carboxylic acids is 1. The standard InChI is InChI=1S/C11H15ClN2O2.ClH/c1-8(13)11(15)14-6-7-16-10-4-2-9(12)3-5-10;/h2-5,8H,6-7,13H2,1H3,(H,14,15);1H/t8-;/m0./s1. The maximum atomic E-state index is 11.1. The highest BCUT2D eigenvalue weighted by molar-refractivity contribution is 6.30. The van der Waals surface area contributed by atoms with Crippen molar-refractivity contribution in [2.45, 2.75) is 13.0 Å². The van der Waals surface area contributed by atoms with Crippen molar-refractivity contribution in [3.05, 3.63) is 29.3 Å². The van der Waals surface area contributed by atoms with E-state index in [2.05, 4.69) is 5.32 Å². The first-order valence-corrected chi connectivity index (χ1v) is 5.39. The van der Waals surface area contributed by atoms with Crippen LogP contribution in [0, 0.1) is 0 Å². The van der Waals surface area contributed by atoms with Gasteiger partial charge in [0.25, 0.3) is 0 Å². The van der Waals surface area contributed by atoms with Crippen molar-refractivity contribution < 1.29 is 9.53 Å². The molecule has 0 bridgehead atoms. The molecular weight excluding hydrogens is 263 g/mol. The summed E-state index contributed by atoms with van der Waals surface area (Å²) in [5.41, 5.74) is 5.38. The molecule has 0 heterocycles. The third-order valence-electron chi connectivity index (χ3n) is 1.90. The van der Waals surface area contributed by atoms with E-state index in [1.165, 1.54) is 0 Å². The van der Waals surface area contributed by atoms with E-state index in [-0.39, 0.29) is 18.3 Å². The SMILES string of the molecule is C[C@H](N)C(=O)NCCOc1ccc(Cl)cc1.Cl. The van der Waals surface area contributed by atoms with Crippen LogP contribution in [0.25, 0.3) is 0 Å². The van der Waals surface area contributed by atoms with Gasteiger partial charge in [-0.2, -0.15) is 0 Å². The molecule has 0 spiro atoms. The minimum atomic E-state index is -0.490. The maximum absolute atomic E-state index is 11.1. The Balaban J connectivity index is 0.00000256. The third kappa shape index (κ3) is 6.36. The Morgan fingerprint density at radius 1 is 1.47 bits per heavy atom. The van der Waals surface area contributed by atoms with Crippen LogP contribution in [-0.4, -0.2) is 25.1 Å². The lowest BCUT2D eigenvalue weighted by Crippen LogP contribution is -2.40. The Morgan fingerprint density at radius 3 is 2.59 bits per heavy atom. The summed E-state index contributed by atoms with van der Waals surface area (Å²) in [6.07, 6.45) is 0. The fourth-order valence-corrected chi connectivity index (χ4v) is 1.16. The summed E-state index contributed by atoms with van der Waals surface area (Å²) in [4.78, 5) is 11.1. The molecule has 0 aromatic heterocycles. The van der Waals surface area contributed by atoms with Crippen LogP contribution in [0.1, 0.15) is 6.92 Å². The van der Waals surface area contributed by atoms with Crippen molar-refractivity contribution in [2.24, 2.45) is 5.73 Å². The molecule has 0 aliphatic rings. The number of carbonyl (C=O) groups is 1. The number of nitrogens with one attached hydrogen (secondary N) is 1. The Kier molecular flexibility index (Phi) is 7.70. The molecule has 0 fully saturated rings. The van der Waals surface area contributed by atoms with E-state index < -0.39 is 6.04 Å². The van der Waals surface area contributed by atoms with Crippen molar-refractivity contribution in [2.75, 3.05) is 13.2 Å². The van der Waals surface area contributed by atoms with Crippen LogP contribution < -0.4 is 15.8 Å². The molecule has 0 aliphatic carbocycles. The fraction of sp³-hybridized carbons (Fsp3) is 0.364. The van der Waals surface area contributed by atoms with E-state index >= 15 is 0 Å². The van der Waals surface area contributed by atoms with Crippen molar-refractivity contribution in [1.82, 2.24) is 5.32 Å². The van der Waals surface area contributed by atoms with Crippen LogP contribution in [0.15, 0.2) is 24.3 Å². The number of hydrogen-bond donors (Lipinski definition) is 2. The minimum absolute atomic E-state index is 0. The smallest absolute Gasteiger partial charge is 0.236 e. The Labute approximate surface area is 112 Å². The predicted octanol–water partition coefficient (Wildman–Crippen LogP) is 1.60. The second-order valence-corrected chi connectivity index (χ2v) is 3.82. The summed E-state index contributed by atoms with van der Waals surface area (Å²) in [5, 5.41) is 3.31. The summed E-state index contributed by atoms with van der Waals surface area (Å²) in [7, 11) is 0. The normalized spacial score (nSPS) is 11.2. The Hall–Kier alpha value is -0.970. The molecular formula is C11H16Cl2N2O2. The highest BCUT2D eigenvalue weighted by atomic mass is 35.5. The zero-order valence-corrected chi connectivity index (χ0v) is 11.1. The summed E-state index contributed by atoms with van der Waals surface area (Å²) in [6.45, 7) is 2.47. The van der Waals surface area contributed by atoms with E-state index in [9.17, 15) is 4.79 Å². The monoisotopic (exact) mass is 278 g/mol. The summed E-state index contributed by atoms with van der Waals surface area (Å²) in [6, 6.07) is 6.55. The van der Waals surface area contributed by atoms with Gasteiger partial charge in [-0.1, -0.05) is 11.6 Å². The van der Waals surface area contributed by atoms with Crippen molar-refractivity contribution in [1.29, 1.82) is 0 Å². The second-order valence-electron chi connectivity index (χ2n) is 3.38. The number of nitrogens with two attached hydrogens (primary N) is 1. The fourth-order valence-electron chi connectivity index (χ4n) is 1.03. The van der Waals surface area contributed by atoms with Gasteiger partial charge in [0.1, 0.15) is 12.4 Å². The molecule has 1 amide bonds. The first kappa shape index (κ1) is 16.0. The third-order valence-corrected chi connectivity index (χ3v) is 2.15. The van der Waals surface area contributed by atoms with Crippen LogP contribution in [0.2, 0.25) is 5.02 Å². The van der Waals surface area contributed by atoms with Crippen LogP contribution >= 0.6 is 24.0 Å². The average Bonchev–Trinajstić information content (AvgIpc) is 2.26. The lowest BCUT2D eigenvalue weighted by Gasteiger charge is -2.09. The lowest BCUT2D eigenvalue weighted by molar-refractivity contribution is -0.122. The topological polar surface area (TPSA) is 64.4 Å². The van der Waals surface area contributed by atoms with E-state index in [1.54, 1.807) is 31.2 Å². The number of hydrogen-bond acceptors (Lipinski definition) is 3.